The SMILES string of the molecule is CC.I.[Ar].[CH2-]I.[V]. The fourth-order valence-electron chi connectivity index (χ4n) is 0. The fraction of sp³-hybridized carbons (Fsp3) is 0.667. The van der Waals surface area contributed by atoms with Crippen molar-refractivity contribution >= 4 is 46.6 Å². The van der Waals surface area contributed by atoms with Gasteiger partial charge in [-0.15, -0.1) is 24.0 Å². The molecular weight excluding hydrogens is 381 g/mol. The molecule has 0 aromatic rings. The summed E-state index contributed by atoms with van der Waals surface area (Å²) in [5, 5.41) is 0. The van der Waals surface area contributed by atoms with Crippen LogP contribution < -0.4 is 0 Å². The van der Waals surface area contributed by atoms with Gasteiger partial charge in [-0.25, -0.2) is 0 Å². The molecule has 4 heteroatoms. The molecule has 0 aliphatic heterocycles. The van der Waals surface area contributed by atoms with E-state index in [1.54, 1.807) is 0 Å². The molecule has 1 radical (unpaired) electrons. The Hall–Kier alpha value is 3.30. The van der Waals surface area contributed by atoms with Gasteiger partial charge in [0.15, 0.2) is 0 Å². The van der Waals surface area contributed by atoms with E-state index in [0.29, 0.717) is 0 Å². The van der Waals surface area contributed by atoms with Gasteiger partial charge in [0, 0.05) is 56.3 Å². The van der Waals surface area contributed by atoms with E-state index < -0.39 is 0 Å². The van der Waals surface area contributed by atoms with Crippen LogP contribution in [-0.2, 0) is 18.6 Å². The second-order valence-corrected chi connectivity index (χ2v) is 0. The summed E-state index contributed by atoms with van der Waals surface area (Å²) in [6.45, 7) is 4.00. The van der Waals surface area contributed by atoms with Gasteiger partial charge >= 0.3 is 0 Å². The molecule has 0 saturated carbocycles. The number of halogens is 2. The van der Waals surface area contributed by atoms with Crippen molar-refractivity contribution in [1.82, 2.24) is 0 Å². The predicted octanol–water partition coefficient (Wildman–Crippen LogP) is 2.85. The first-order chi connectivity index (χ1) is 2.00. The smallest absolute Gasteiger partial charge is 0 e. The molecule has 0 aromatic heterocycles. The van der Waals surface area contributed by atoms with Crippen LogP contribution in [0.2, 0.25) is 0 Å². The molecule has 0 bridgehead atoms. The summed E-state index contributed by atoms with van der Waals surface area (Å²) in [6, 6.07) is 0. The van der Waals surface area contributed by atoms with Crippen molar-refractivity contribution in [2.24, 2.45) is 0 Å². The van der Waals surface area contributed by atoms with Crippen molar-refractivity contribution in [2.45, 2.75) is 13.8 Å². The molecule has 0 aliphatic rings. The Bertz CT molecular complexity index is 12.9. The minimum atomic E-state index is 0. The maximum absolute atomic E-state index is 3.22. The van der Waals surface area contributed by atoms with E-state index >= 15 is 0 Å². The monoisotopic (exact) mass is 390 g/mol. The zero-order valence-electron chi connectivity index (χ0n) is 4.29. The number of hydrogen-bond donors (Lipinski definition) is 0. The van der Waals surface area contributed by atoms with Gasteiger partial charge in [0.25, 0.3) is 0 Å². The van der Waals surface area contributed by atoms with E-state index in [9.17, 15) is 0 Å². The Labute approximate surface area is 119 Å². The van der Waals surface area contributed by atoms with Gasteiger partial charge in [-0.1, -0.05) is 13.8 Å². The Morgan fingerprint density at radius 3 is 1.14 bits per heavy atom. The van der Waals surface area contributed by atoms with Gasteiger partial charge in [-0.3, -0.25) is 4.93 Å². The van der Waals surface area contributed by atoms with Crippen molar-refractivity contribution in [3.63, 3.8) is 0 Å². The first-order valence-corrected chi connectivity index (χ1v) is 2.79. The summed E-state index contributed by atoms with van der Waals surface area (Å²) < 4.78 is 0. The van der Waals surface area contributed by atoms with Crippen molar-refractivity contribution in [2.75, 3.05) is 0 Å². The van der Waals surface area contributed by atoms with Crippen LogP contribution >= 0.6 is 46.6 Å². The van der Waals surface area contributed by atoms with E-state index in [1.165, 1.54) is 0 Å². The van der Waals surface area contributed by atoms with Crippen molar-refractivity contribution in [3.05, 3.63) is 4.93 Å². The second-order valence-electron chi connectivity index (χ2n) is 0. The van der Waals surface area contributed by atoms with Gasteiger partial charge in [0.2, 0.25) is 0 Å². The molecule has 0 fully saturated rings. The molecule has 0 unspecified atom stereocenters. The predicted molar refractivity (Wildman–Crippen MR) is 46.1 cm³/mol. The van der Waals surface area contributed by atoms with Crippen molar-refractivity contribution < 1.29 is 56.3 Å². The van der Waals surface area contributed by atoms with E-state index in [1.807, 2.05) is 36.4 Å². The molecule has 0 N–H and O–H groups in total. The number of hydrogen-bond acceptors (Lipinski definition) is 0. The number of rotatable bonds is 0. The van der Waals surface area contributed by atoms with Crippen molar-refractivity contribution in [1.29, 1.82) is 0 Å². The first kappa shape index (κ1) is 31.7. The third-order valence-electron chi connectivity index (χ3n) is 0. The molecule has 0 rings (SSSR count). The Morgan fingerprint density at radius 1 is 1.14 bits per heavy atom. The third kappa shape index (κ3) is 45.5. The Morgan fingerprint density at radius 2 is 1.14 bits per heavy atom. The van der Waals surface area contributed by atoms with E-state index in [4.69, 9.17) is 0 Å². The molecule has 0 nitrogen and oxygen atoms in total. The minimum absolute atomic E-state index is 0. The molecule has 0 heterocycles. The van der Waals surface area contributed by atoms with Gasteiger partial charge in [0.1, 0.15) is 0 Å². The Kier molecular flexibility index (Phi) is 266. The van der Waals surface area contributed by atoms with Crippen LogP contribution in [0.25, 0.3) is 0 Å². The average Bonchev–Trinajstić information content (AvgIpc) is 1.50. The average molecular weight is 390 g/mol. The first-order valence-electron chi connectivity index (χ1n) is 1.27. The summed E-state index contributed by atoms with van der Waals surface area (Å²) >= 11 is 1.90. The van der Waals surface area contributed by atoms with Gasteiger partial charge in [-0.05, 0) is 0 Å². The molecule has 0 aromatic carbocycles. The topological polar surface area (TPSA) is 0 Å². The van der Waals surface area contributed by atoms with Crippen LogP contribution in [0.5, 0.6) is 0 Å². The van der Waals surface area contributed by atoms with Gasteiger partial charge < -0.3 is 22.6 Å². The molecule has 7 heavy (non-hydrogen) atoms. The maximum Gasteiger partial charge on any atom is 0 e. The third-order valence-corrected chi connectivity index (χ3v) is 0. The standard InChI is InChI=1S/C2H6.CH2I.Ar.HI.V/c2*1-2;;;/h1-2H3;1H2;;1H;/q;-1;;;. The second kappa shape index (κ2) is 58.8. The molecule has 0 amide bonds. The summed E-state index contributed by atoms with van der Waals surface area (Å²) in [5.41, 5.74) is 0. The normalized spacial score (nSPS) is 1.71. The van der Waals surface area contributed by atoms with Gasteiger partial charge in [-0.2, -0.15) is 0 Å². The van der Waals surface area contributed by atoms with Crippen LogP contribution in [0.15, 0.2) is 0 Å². The zero-order chi connectivity index (χ0) is 4.00. The molecule has 0 atom stereocenters. The summed E-state index contributed by atoms with van der Waals surface area (Å²) in [5.74, 6) is 0. The molecule has 49 valence electrons. The Balaban J connectivity index is -0.00000000267. The maximum atomic E-state index is 3.22. The molecule has 0 aliphatic carbocycles. The molecule has 0 saturated heterocycles. The van der Waals surface area contributed by atoms with Crippen LogP contribution in [0.1, 0.15) is 13.8 Å². The summed E-state index contributed by atoms with van der Waals surface area (Å²) in [6.07, 6.45) is 0. The minimum Gasteiger partial charge on any atom is -0.319 e. The summed E-state index contributed by atoms with van der Waals surface area (Å²) in [7, 11) is 0. The van der Waals surface area contributed by atoms with E-state index in [2.05, 4.69) is 4.93 Å². The quantitative estimate of drug-likeness (QED) is 0.441. The van der Waals surface area contributed by atoms with Crippen LogP contribution in [0.3, 0.4) is 0 Å². The van der Waals surface area contributed by atoms with Crippen LogP contribution in [0, 0.1) is 42.7 Å². The molecule has 0 spiro atoms. The largest absolute Gasteiger partial charge is 0.319 e. The van der Waals surface area contributed by atoms with Crippen LogP contribution in [0.4, 0.5) is 0 Å². The molecular formula is C3H9ArI2V-. The van der Waals surface area contributed by atoms with E-state index in [0.717, 1.165) is 0 Å². The summed E-state index contributed by atoms with van der Waals surface area (Å²) in [4.78, 5) is 3.22. The van der Waals surface area contributed by atoms with Crippen LogP contribution in [-0.4, -0.2) is 0 Å². The van der Waals surface area contributed by atoms with E-state index in [-0.39, 0.29) is 80.3 Å². The van der Waals surface area contributed by atoms with Gasteiger partial charge in [0.05, 0.1) is 0 Å². The fourth-order valence-corrected chi connectivity index (χ4v) is 0. The van der Waals surface area contributed by atoms with Crippen molar-refractivity contribution in [3.8, 4) is 0 Å². The zero-order valence-corrected chi connectivity index (χ0v) is 10.9.